The third-order valence-corrected chi connectivity index (χ3v) is 5.96. The summed E-state index contributed by atoms with van der Waals surface area (Å²) in [5.41, 5.74) is 3.24. The Morgan fingerprint density at radius 1 is 1.23 bits per heavy atom. The molecule has 2 aromatic rings. The molecule has 2 amide bonds. The summed E-state index contributed by atoms with van der Waals surface area (Å²) in [6, 6.07) is 5.37. The van der Waals surface area contributed by atoms with Gasteiger partial charge in [0.05, 0.1) is 23.6 Å². The number of hydrogen-bond acceptors (Lipinski definition) is 5. The fourth-order valence-corrected chi connectivity index (χ4v) is 4.57. The lowest BCUT2D eigenvalue weighted by atomic mass is 10.0. The molecule has 7 heteroatoms. The molecule has 1 aromatic heterocycles. The van der Waals surface area contributed by atoms with Crippen molar-refractivity contribution in [1.29, 1.82) is 0 Å². The van der Waals surface area contributed by atoms with Crippen LogP contribution in [0.25, 0.3) is 0 Å². The van der Waals surface area contributed by atoms with Crippen LogP contribution >= 0.6 is 11.3 Å². The summed E-state index contributed by atoms with van der Waals surface area (Å²) in [6.07, 6.45) is 6.95. The number of amides is 2. The Morgan fingerprint density at radius 2 is 2.04 bits per heavy atom. The average Bonchev–Trinajstić information content (AvgIpc) is 2.95. The number of nitrogens with one attached hydrogen (secondary N) is 2. The van der Waals surface area contributed by atoms with Gasteiger partial charge in [0.1, 0.15) is 0 Å². The molecule has 0 bridgehead atoms. The van der Waals surface area contributed by atoms with Crippen molar-refractivity contribution in [2.75, 3.05) is 29.1 Å². The number of hydrogen-bond donors (Lipinski definition) is 2. The molecule has 6 nitrogen and oxygen atoms in total. The van der Waals surface area contributed by atoms with Gasteiger partial charge < -0.3 is 10.2 Å². The van der Waals surface area contributed by atoms with Gasteiger partial charge in [-0.1, -0.05) is 12.8 Å². The summed E-state index contributed by atoms with van der Waals surface area (Å²) in [5.74, 6) is -0.269. The van der Waals surface area contributed by atoms with Gasteiger partial charge in [-0.3, -0.25) is 14.9 Å². The smallest absolute Gasteiger partial charge is 0.257 e. The number of nitrogens with zero attached hydrogens (tertiary/aromatic N) is 2. The number of likely N-dealkylation sites (N-methyl/N-ethyl adjacent to an activating group) is 1. The highest BCUT2D eigenvalue weighted by molar-refractivity contribution is 7.15. The molecule has 2 aliphatic rings. The van der Waals surface area contributed by atoms with Crippen molar-refractivity contribution < 1.29 is 9.59 Å². The van der Waals surface area contributed by atoms with Gasteiger partial charge in [0, 0.05) is 17.5 Å². The molecule has 0 saturated heterocycles. The van der Waals surface area contributed by atoms with Gasteiger partial charge in [0.15, 0.2) is 5.13 Å². The Kier molecular flexibility index (Phi) is 4.63. The lowest BCUT2D eigenvalue weighted by Gasteiger charge is -2.27. The number of rotatable bonds is 2. The topological polar surface area (TPSA) is 74.3 Å². The van der Waals surface area contributed by atoms with E-state index in [-0.39, 0.29) is 11.8 Å². The number of carbonyl (C=O) groups excluding carboxylic acids is 2. The Labute approximate surface area is 156 Å². The second kappa shape index (κ2) is 7.07. The first-order chi connectivity index (χ1) is 12.6. The first kappa shape index (κ1) is 17.0. The van der Waals surface area contributed by atoms with Crippen LogP contribution < -0.4 is 15.5 Å². The standard InChI is InChI=1S/C19H22N4O2S/c1-23-11-17(24)20-14-10-12(8-9-15(14)23)18(25)22-19-21-13-6-4-2-3-5-7-16(13)26-19/h8-10H,2-7,11H2,1H3,(H,20,24)(H,21,22,25). The maximum atomic E-state index is 12.6. The van der Waals surface area contributed by atoms with Gasteiger partial charge >= 0.3 is 0 Å². The molecule has 0 radical (unpaired) electrons. The van der Waals surface area contributed by atoms with Gasteiger partial charge in [-0.05, 0) is 43.9 Å². The summed E-state index contributed by atoms with van der Waals surface area (Å²) in [4.78, 5) is 32.2. The second-order valence-electron chi connectivity index (χ2n) is 6.89. The van der Waals surface area contributed by atoms with E-state index in [1.807, 2.05) is 18.0 Å². The van der Waals surface area contributed by atoms with Crippen LogP contribution in [0.4, 0.5) is 16.5 Å². The molecule has 1 aromatic carbocycles. The van der Waals surface area contributed by atoms with Crippen LogP contribution in [0.15, 0.2) is 18.2 Å². The van der Waals surface area contributed by atoms with E-state index in [4.69, 9.17) is 0 Å². The third kappa shape index (κ3) is 3.44. The van der Waals surface area contributed by atoms with Gasteiger partial charge in [-0.15, -0.1) is 11.3 Å². The first-order valence-electron chi connectivity index (χ1n) is 9.05. The Bertz CT molecular complexity index is 836. The fraction of sp³-hybridized carbons (Fsp3) is 0.421. The van der Waals surface area contributed by atoms with E-state index in [1.165, 1.54) is 30.6 Å². The van der Waals surface area contributed by atoms with E-state index in [2.05, 4.69) is 15.6 Å². The molecular weight excluding hydrogens is 348 g/mol. The molecule has 26 heavy (non-hydrogen) atoms. The fourth-order valence-electron chi connectivity index (χ4n) is 3.53. The van der Waals surface area contributed by atoms with E-state index in [1.54, 1.807) is 23.5 Å². The zero-order valence-corrected chi connectivity index (χ0v) is 15.6. The SMILES string of the molecule is CN1CC(=O)Nc2cc(C(=O)Nc3nc4c(s3)CCCCCC4)ccc21. The minimum atomic E-state index is -0.197. The molecule has 1 aliphatic heterocycles. The van der Waals surface area contributed by atoms with Gasteiger partial charge in [-0.25, -0.2) is 4.98 Å². The lowest BCUT2D eigenvalue weighted by molar-refractivity contribution is -0.115. The molecule has 0 spiro atoms. The molecule has 0 unspecified atom stereocenters. The van der Waals surface area contributed by atoms with E-state index < -0.39 is 0 Å². The van der Waals surface area contributed by atoms with Crippen molar-refractivity contribution in [2.45, 2.75) is 38.5 Å². The minimum absolute atomic E-state index is 0.0720. The van der Waals surface area contributed by atoms with E-state index >= 15 is 0 Å². The lowest BCUT2D eigenvalue weighted by Crippen LogP contribution is -2.35. The number of fused-ring (bicyclic) bond motifs is 2. The molecular formula is C19H22N4O2S. The number of carbonyl (C=O) groups is 2. The van der Waals surface area contributed by atoms with Gasteiger partial charge in [-0.2, -0.15) is 0 Å². The quantitative estimate of drug-likeness (QED) is 0.849. The normalized spacial score (nSPS) is 16.8. The highest BCUT2D eigenvalue weighted by Crippen LogP contribution is 2.31. The van der Waals surface area contributed by atoms with Crippen molar-refractivity contribution >= 4 is 39.7 Å². The van der Waals surface area contributed by atoms with Gasteiger partial charge in [0.2, 0.25) is 5.91 Å². The van der Waals surface area contributed by atoms with Crippen LogP contribution in [0.5, 0.6) is 0 Å². The minimum Gasteiger partial charge on any atom is -0.364 e. The molecule has 0 atom stereocenters. The Morgan fingerprint density at radius 3 is 2.88 bits per heavy atom. The predicted octanol–water partition coefficient (Wildman–Crippen LogP) is 3.44. The second-order valence-corrected chi connectivity index (χ2v) is 7.98. The largest absolute Gasteiger partial charge is 0.364 e. The molecule has 2 N–H and O–H groups in total. The molecule has 4 rings (SSSR count). The zero-order valence-electron chi connectivity index (χ0n) is 14.8. The number of anilines is 3. The zero-order chi connectivity index (χ0) is 18.1. The molecule has 0 fully saturated rings. The van der Waals surface area contributed by atoms with Crippen LogP contribution in [-0.4, -0.2) is 30.4 Å². The van der Waals surface area contributed by atoms with Crippen LogP contribution in [0, 0.1) is 0 Å². The number of benzene rings is 1. The Hall–Kier alpha value is -2.41. The van der Waals surface area contributed by atoms with Crippen LogP contribution in [0.2, 0.25) is 0 Å². The van der Waals surface area contributed by atoms with Crippen LogP contribution in [0.1, 0.15) is 46.6 Å². The highest BCUT2D eigenvalue weighted by atomic mass is 32.1. The molecule has 136 valence electrons. The van der Waals surface area contributed by atoms with Crippen LogP contribution in [0.3, 0.4) is 0 Å². The highest BCUT2D eigenvalue weighted by Gasteiger charge is 2.21. The van der Waals surface area contributed by atoms with Crippen molar-refractivity contribution in [1.82, 2.24) is 4.98 Å². The van der Waals surface area contributed by atoms with Crippen molar-refractivity contribution in [3.05, 3.63) is 34.3 Å². The van der Waals surface area contributed by atoms with E-state index in [9.17, 15) is 9.59 Å². The van der Waals surface area contributed by atoms with E-state index in [0.29, 0.717) is 22.9 Å². The maximum absolute atomic E-state index is 12.6. The van der Waals surface area contributed by atoms with Gasteiger partial charge in [0.25, 0.3) is 5.91 Å². The monoisotopic (exact) mass is 370 g/mol. The first-order valence-corrected chi connectivity index (χ1v) is 9.87. The molecule has 0 saturated carbocycles. The van der Waals surface area contributed by atoms with Crippen LogP contribution in [-0.2, 0) is 17.6 Å². The Balaban J connectivity index is 1.53. The summed E-state index contributed by atoms with van der Waals surface area (Å²) >= 11 is 1.59. The van der Waals surface area contributed by atoms with Crippen molar-refractivity contribution in [2.24, 2.45) is 0 Å². The summed E-state index contributed by atoms with van der Waals surface area (Å²) in [7, 11) is 1.86. The summed E-state index contributed by atoms with van der Waals surface area (Å²) in [6.45, 7) is 0.323. The van der Waals surface area contributed by atoms with Crippen molar-refractivity contribution in [3.63, 3.8) is 0 Å². The summed E-state index contributed by atoms with van der Waals surface area (Å²) < 4.78 is 0. The maximum Gasteiger partial charge on any atom is 0.257 e. The van der Waals surface area contributed by atoms with Crippen molar-refractivity contribution in [3.8, 4) is 0 Å². The molecule has 2 heterocycles. The molecule has 1 aliphatic carbocycles. The van der Waals surface area contributed by atoms with E-state index in [0.717, 1.165) is 24.2 Å². The number of aromatic nitrogens is 1. The average molecular weight is 370 g/mol. The predicted molar refractivity (Wildman–Crippen MR) is 104 cm³/mol. The summed E-state index contributed by atoms with van der Waals surface area (Å²) in [5, 5.41) is 6.42. The number of thiazole rings is 1. The number of aryl methyl sites for hydroxylation is 2. The third-order valence-electron chi connectivity index (χ3n) is 4.89.